The smallest absolute Gasteiger partial charge is 0.306 e. The number of carboxylic acids is 1. The maximum Gasteiger partial charge on any atom is 0.306 e. The van der Waals surface area contributed by atoms with Gasteiger partial charge in [0.2, 0.25) is 0 Å². The number of nitrogens with zero attached hydrogens (tertiary/aromatic N) is 1. The summed E-state index contributed by atoms with van der Waals surface area (Å²) in [5, 5.41) is 19.8. The normalized spacial score (nSPS) is 15.2. The Morgan fingerprint density at radius 3 is 2.57 bits per heavy atom. The van der Waals surface area contributed by atoms with Gasteiger partial charge in [0.25, 0.3) is 0 Å². The molecule has 0 saturated heterocycles. The van der Waals surface area contributed by atoms with Gasteiger partial charge in [0.1, 0.15) is 5.82 Å². The molecule has 1 aliphatic rings. The summed E-state index contributed by atoms with van der Waals surface area (Å²) in [5.74, 6) is -1.02. The van der Waals surface area contributed by atoms with Crippen LogP contribution >= 0.6 is 0 Å². The zero-order valence-corrected chi connectivity index (χ0v) is 15.2. The third-order valence-corrected chi connectivity index (χ3v) is 4.93. The number of para-hydroxylation sites is 1. The van der Waals surface area contributed by atoms with Crippen LogP contribution < -0.4 is 0 Å². The van der Waals surface area contributed by atoms with Gasteiger partial charge in [0.15, 0.2) is 0 Å². The fourth-order valence-corrected chi connectivity index (χ4v) is 3.46. The second-order valence-corrected chi connectivity index (χ2v) is 7.11. The van der Waals surface area contributed by atoms with Crippen LogP contribution in [0, 0.1) is 5.82 Å². The van der Waals surface area contributed by atoms with Crippen molar-refractivity contribution in [2.24, 2.45) is 0 Å². The highest BCUT2D eigenvalue weighted by atomic mass is 19.1. The lowest BCUT2D eigenvalue weighted by Crippen LogP contribution is -2.09. The maximum absolute atomic E-state index is 13.5. The first-order valence-corrected chi connectivity index (χ1v) is 9.29. The number of pyridine rings is 1. The largest absolute Gasteiger partial charge is 0.481 e. The standard InChI is InChI=1S/C23H20FNO3/c24-16-9-7-14(8-10-16)22-18-3-1-2-4-20(18)25-23(15-5-6-15)19(22)12-11-17(26)13-21(27)28/h1-4,7-12,15,17,26H,5-6,13H2,(H,27,28)/b12-11+/t17-/m1/s1. The lowest BCUT2D eigenvalue weighted by Gasteiger charge is -2.16. The second-order valence-electron chi connectivity index (χ2n) is 7.11. The van der Waals surface area contributed by atoms with Crippen molar-refractivity contribution in [2.75, 3.05) is 0 Å². The summed E-state index contributed by atoms with van der Waals surface area (Å²) < 4.78 is 13.5. The first kappa shape index (κ1) is 18.3. The van der Waals surface area contributed by atoms with Gasteiger partial charge in [-0.05, 0) is 36.6 Å². The number of benzene rings is 2. The van der Waals surface area contributed by atoms with E-state index in [0.717, 1.165) is 46.1 Å². The fraction of sp³-hybridized carbons (Fsp3) is 0.217. The molecule has 0 bridgehead atoms. The van der Waals surface area contributed by atoms with Crippen molar-refractivity contribution in [1.29, 1.82) is 0 Å². The minimum Gasteiger partial charge on any atom is -0.481 e. The number of halogens is 1. The Kier molecular flexibility index (Phi) is 4.92. The molecule has 1 heterocycles. The van der Waals surface area contributed by atoms with E-state index in [0.29, 0.717) is 5.92 Å². The van der Waals surface area contributed by atoms with E-state index in [-0.39, 0.29) is 12.2 Å². The molecule has 142 valence electrons. The van der Waals surface area contributed by atoms with Gasteiger partial charge < -0.3 is 10.2 Å². The average Bonchev–Trinajstić information content (AvgIpc) is 3.51. The third kappa shape index (κ3) is 3.80. The van der Waals surface area contributed by atoms with Gasteiger partial charge in [0.05, 0.1) is 23.7 Å². The topological polar surface area (TPSA) is 70.4 Å². The number of carboxylic acid groups (broad SMARTS) is 1. The number of aliphatic hydroxyl groups excluding tert-OH is 1. The van der Waals surface area contributed by atoms with Gasteiger partial charge in [-0.15, -0.1) is 0 Å². The second kappa shape index (κ2) is 7.52. The van der Waals surface area contributed by atoms with Crippen LogP contribution in [0.5, 0.6) is 0 Å². The molecule has 1 saturated carbocycles. The molecule has 1 atom stereocenters. The summed E-state index contributed by atoms with van der Waals surface area (Å²) in [6, 6.07) is 14.1. The average molecular weight is 377 g/mol. The van der Waals surface area contributed by atoms with Crippen LogP contribution in [0.1, 0.15) is 36.4 Å². The molecule has 1 aromatic heterocycles. The quantitative estimate of drug-likeness (QED) is 0.649. The van der Waals surface area contributed by atoms with Crippen LogP contribution in [-0.4, -0.2) is 27.3 Å². The van der Waals surface area contributed by atoms with Gasteiger partial charge >= 0.3 is 5.97 Å². The molecule has 3 aromatic rings. The van der Waals surface area contributed by atoms with E-state index in [9.17, 15) is 14.3 Å². The van der Waals surface area contributed by atoms with Crippen molar-refractivity contribution in [2.45, 2.75) is 31.3 Å². The van der Waals surface area contributed by atoms with E-state index in [1.807, 2.05) is 24.3 Å². The monoisotopic (exact) mass is 377 g/mol. The highest BCUT2D eigenvalue weighted by Crippen LogP contribution is 2.45. The van der Waals surface area contributed by atoms with Crippen LogP contribution in [0.4, 0.5) is 4.39 Å². The number of hydrogen-bond acceptors (Lipinski definition) is 3. The summed E-state index contributed by atoms with van der Waals surface area (Å²) in [7, 11) is 0. The maximum atomic E-state index is 13.5. The van der Waals surface area contributed by atoms with Crippen LogP contribution in [0.25, 0.3) is 28.1 Å². The van der Waals surface area contributed by atoms with Gasteiger partial charge in [-0.1, -0.05) is 42.5 Å². The number of rotatable bonds is 6. The van der Waals surface area contributed by atoms with Crippen molar-refractivity contribution < 1.29 is 19.4 Å². The molecular weight excluding hydrogens is 357 g/mol. The number of carbonyl (C=O) groups is 1. The van der Waals surface area contributed by atoms with Crippen molar-refractivity contribution in [1.82, 2.24) is 4.98 Å². The van der Waals surface area contributed by atoms with Crippen LogP contribution in [0.2, 0.25) is 0 Å². The van der Waals surface area contributed by atoms with Gasteiger partial charge in [-0.25, -0.2) is 4.39 Å². The molecule has 4 nitrogen and oxygen atoms in total. The van der Waals surface area contributed by atoms with E-state index in [1.54, 1.807) is 18.2 Å². The zero-order valence-electron chi connectivity index (χ0n) is 15.2. The van der Waals surface area contributed by atoms with Crippen molar-refractivity contribution in [3.8, 4) is 11.1 Å². The predicted octanol–water partition coefficient (Wildman–Crippen LogP) is 4.77. The van der Waals surface area contributed by atoms with E-state index < -0.39 is 12.1 Å². The van der Waals surface area contributed by atoms with Crippen LogP contribution in [-0.2, 0) is 4.79 Å². The lowest BCUT2D eigenvalue weighted by atomic mass is 9.92. The van der Waals surface area contributed by atoms with Crippen molar-refractivity contribution >= 4 is 22.9 Å². The minimum absolute atomic E-state index is 0.307. The Hall–Kier alpha value is -3.05. The molecule has 4 rings (SSSR count). The SMILES string of the molecule is O=C(O)C[C@H](O)/C=C/c1c(C2CC2)nc2ccccc2c1-c1ccc(F)cc1. The Bertz CT molecular complexity index is 1060. The molecule has 0 radical (unpaired) electrons. The van der Waals surface area contributed by atoms with E-state index in [1.165, 1.54) is 18.2 Å². The number of aliphatic carboxylic acids is 1. The van der Waals surface area contributed by atoms with Crippen molar-refractivity contribution in [3.63, 3.8) is 0 Å². The predicted molar refractivity (Wildman–Crippen MR) is 106 cm³/mol. The summed E-state index contributed by atoms with van der Waals surface area (Å²) in [6.45, 7) is 0. The fourth-order valence-electron chi connectivity index (χ4n) is 3.46. The summed E-state index contributed by atoms with van der Waals surface area (Å²) in [4.78, 5) is 15.7. The minimum atomic E-state index is -1.09. The Morgan fingerprint density at radius 1 is 1.18 bits per heavy atom. The lowest BCUT2D eigenvalue weighted by molar-refractivity contribution is -0.138. The molecular formula is C23H20FNO3. The third-order valence-electron chi connectivity index (χ3n) is 4.93. The first-order valence-electron chi connectivity index (χ1n) is 9.29. The molecule has 0 amide bonds. The molecule has 28 heavy (non-hydrogen) atoms. The van der Waals surface area contributed by atoms with E-state index in [2.05, 4.69) is 0 Å². The Balaban J connectivity index is 1.93. The molecule has 2 aromatic carbocycles. The van der Waals surface area contributed by atoms with Gasteiger partial charge in [-0.2, -0.15) is 0 Å². The number of fused-ring (bicyclic) bond motifs is 1. The van der Waals surface area contributed by atoms with Crippen LogP contribution in [0.3, 0.4) is 0 Å². The molecule has 5 heteroatoms. The summed E-state index contributed by atoms with van der Waals surface area (Å²) in [6.07, 6.45) is 3.91. The molecule has 1 aliphatic carbocycles. The zero-order chi connectivity index (χ0) is 19.7. The molecule has 1 fully saturated rings. The molecule has 2 N–H and O–H groups in total. The van der Waals surface area contributed by atoms with E-state index >= 15 is 0 Å². The van der Waals surface area contributed by atoms with Crippen LogP contribution in [0.15, 0.2) is 54.6 Å². The van der Waals surface area contributed by atoms with Gasteiger partial charge in [0, 0.05) is 22.4 Å². The van der Waals surface area contributed by atoms with Crippen molar-refractivity contribution in [3.05, 3.63) is 71.7 Å². The molecule has 0 spiro atoms. The van der Waals surface area contributed by atoms with Gasteiger partial charge in [-0.3, -0.25) is 9.78 Å². The summed E-state index contributed by atoms with van der Waals surface area (Å²) >= 11 is 0. The van der Waals surface area contributed by atoms with E-state index in [4.69, 9.17) is 10.1 Å². The highest BCUT2D eigenvalue weighted by molar-refractivity contribution is 5.99. The molecule has 0 aliphatic heterocycles. The molecule has 0 unspecified atom stereocenters. The number of hydrogen-bond donors (Lipinski definition) is 2. The summed E-state index contributed by atoms with van der Waals surface area (Å²) in [5.41, 5.74) is 4.45. The first-order chi connectivity index (χ1) is 13.5. The number of aliphatic hydroxyl groups is 1. The Labute approximate surface area is 162 Å². The highest BCUT2D eigenvalue weighted by Gasteiger charge is 2.29. The number of aromatic nitrogens is 1. The Morgan fingerprint density at radius 2 is 1.89 bits per heavy atom.